The van der Waals surface area contributed by atoms with Gasteiger partial charge >= 0.3 is 0 Å². The predicted molar refractivity (Wildman–Crippen MR) is 89.9 cm³/mol. The van der Waals surface area contributed by atoms with Crippen molar-refractivity contribution in [3.63, 3.8) is 0 Å². The Bertz CT molecular complexity index is 699. The topological polar surface area (TPSA) is 51.0 Å². The minimum atomic E-state index is -0.0476. The molecule has 0 aliphatic carbocycles. The first-order valence-corrected chi connectivity index (χ1v) is 8.40. The third-order valence-electron chi connectivity index (χ3n) is 4.39. The van der Waals surface area contributed by atoms with Crippen LogP contribution in [0, 0.1) is 6.92 Å². The SMILES string of the molecule is Cc1nc(C(=O)N2CCCCC2)nn1-c1ccccc1C(C)C. The van der Waals surface area contributed by atoms with Crippen LogP contribution in [0.3, 0.4) is 0 Å². The number of hydrogen-bond acceptors (Lipinski definition) is 3. The van der Waals surface area contributed by atoms with Crippen molar-refractivity contribution in [2.75, 3.05) is 13.1 Å². The Morgan fingerprint density at radius 2 is 1.83 bits per heavy atom. The van der Waals surface area contributed by atoms with E-state index in [1.165, 1.54) is 12.0 Å². The fourth-order valence-corrected chi connectivity index (χ4v) is 3.12. The standard InChI is InChI=1S/C18H24N4O/c1-13(2)15-9-5-6-10-16(15)22-14(3)19-17(20-22)18(23)21-11-7-4-8-12-21/h5-6,9-10,13H,4,7-8,11-12H2,1-3H3. The summed E-state index contributed by atoms with van der Waals surface area (Å²) in [5.74, 6) is 1.39. The second-order valence-electron chi connectivity index (χ2n) is 6.46. The minimum Gasteiger partial charge on any atom is -0.336 e. The quantitative estimate of drug-likeness (QED) is 0.873. The lowest BCUT2D eigenvalue weighted by Crippen LogP contribution is -2.36. The van der Waals surface area contributed by atoms with Crippen LogP contribution in [0.2, 0.25) is 0 Å². The monoisotopic (exact) mass is 312 g/mol. The van der Waals surface area contributed by atoms with Crippen LogP contribution in [-0.2, 0) is 0 Å². The van der Waals surface area contributed by atoms with E-state index in [0.29, 0.717) is 11.7 Å². The molecule has 1 aromatic heterocycles. The molecule has 0 bridgehead atoms. The van der Waals surface area contributed by atoms with E-state index in [2.05, 4.69) is 30.0 Å². The van der Waals surface area contributed by atoms with E-state index >= 15 is 0 Å². The molecule has 3 rings (SSSR count). The van der Waals surface area contributed by atoms with Gasteiger partial charge in [0, 0.05) is 13.1 Å². The molecule has 23 heavy (non-hydrogen) atoms. The predicted octanol–water partition coefficient (Wildman–Crippen LogP) is 3.33. The average Bonchev–Trinajstić information content (AvgIpc) is 2.96. The van der Waals surface area contributed by atoms with Crippen molar-refractivity contribution in [2.45, 2.75) is 46.0 Å². The number of carbonyl (C=O) groups excluding carboxylic acids is 1. The molecule has 1 fully saturated rings. The Balaban J connectivity index is 1.94. The van der Waals surface area contributed by atoms with Gasteiger partial charge in [0.05, 0.1) is 5.69 Å². The Kier molecular flexibility index (Phi) is 4.46. The summed E-state index contributed by atoms with van der Waals surface area (Å²) in [6, 6.07) is 8.17. The van der Waals surface area contributed by atoms with Crippen LogP contribution in [-0.4, -0.2) is 38.7 Å². The van der Waals surface area contributed by atoms with E-state index in [1.807, 2.05) is 30.0 Å². The molecule has 0 spiro atoms. The highest BCUT2D eigenvalue weighted by molar-refractivity contribution is 5.90. The van der Waals surface area contributed by atoms with Gasteiger partial charge in [0.15, 0.2) is 0 Å². The van der Waals surface area contributed by atoms with Crippen LogP contribution >= 0.6 is 0 Å². The van der Waals surface area contributed by atoms with Crippen LogP contribution in [0.25, 0.3) is 5.69 Å². The zero-order chi connectivity index (χ0) is 16.4. The van der Waals surface area contributed by atoms with Gasteiger partial charge in [0.25, 0.3) is 5.91 Å². The van der Waals surface area contributed by atoms with Crippen molar-refractivity contribution in [1.82, 2.24) is 19.7 Å². The molecule has 5 nitrogen and oxygen atoms in total. The average molecular weight is 312 g/mol. The summed E-state index contributed by atoms with van der Waals surface area (Å²) >= 11 is 0. The van der Waals surface area contributed by atoms with Gasteiger partial charge in [-0.25, -0.2) is 9.67 Å². The van der Waals surface area contributed by atoms with Gasteiger partial charge in [0.2, 0.25) is 5.82 Å². The van der Waals surface area contributed by atoms with Gasteiger partial charge in [-0.05, 0) is 43.7 Å². The van der Waals surface area contributed by atoms with E-state index in [9.17, 15) is 4.79 Å². The van der Waals surface area contributed by atoms with Gasteiger partial charge < -0.3 is 4.90 Å². The smallest absolute Gasteiger partial charge is 0.293 e. The molecule has 5 heteroatoms. The summed E-state index contributed by atoms with van der Waals surface area (Å²) in [7, 11) is 0. The van der Waals surface area contributed by atoms with Gasteiger partial charge in [-0.1, -0.05) is 32.0 Å². The van der Waals surface area contributed by atoms with Gasteiger partial charge in [-0.2, -0.15) is 0 Å². The zero-order valence-electron chi connectivity index (χ0n) is 14.1. The summed E-state index contributed by atoms with van der Waals surface area (Å²) in [4.78, 5) is 18.9. The number of benzene rings is 1. The molecule has 0 radical (unpaired) electrons. The number of carbonyl (C=O) groups is 1. The summed E-state index contributed by atoms with van der Waals surface area (Å²) in [6.07, 6.45) is 3.34. The number of likely N-dealkylation sites (tertiary alicyclic amines) is 1. The number of nitrogens with zero attached hydrogens (tertiary/aromatic N) is 4. The van der Waals surface area contributed by atoms with Crippen LogP contribution in [0.1, 0.15) is 61.0 Å². The Hall–Kier alpha value is -2.17. The van der Waals surface area contributed by atoms with Crippen molar-refractivity contribution in [2.24, 2.45) is 0 Å². The lowest BCUT2D eigenvalue weighted by atomic mass is 10.0. The third kappa shape index (κ3) is 3.14. The van der Waals surface area contributed by atoms with Crippen molar-refractivity contribution in [1.29, 1.82) is 0 Å². The molecule has 0 saturated carbocycles. The van der Waals surface area contributed by atoms with Gasteiger partial charge in [-0.15, -0.1) is 5.10 Å². The van der Waals surface area contributed by atoms with Crippen molar-refractivity contribution in [3.8, 4) is 5.69 Å². The van der Waals surface area contributed by atoms with Crippen molar-refractivity contribution >= 4 is 5.91 Å². The van der Waals surface area contributed by atoms with E-state index < -0.39 is 0 Å². The number of amides is 1. The summed E-state index contributed by atoms with van der Waals surface area (Å²) in [5.41, 5.74) is 2.21. The highest BCUT2D eigenvalue weighted by Crippen LogP contribution is 2.23. The maximum atomic E-state index is 12.6. The summed E-state index contributed by atoms with van der Waals surface area (Å²) in [5, 5.41) is 4.51. The van der Waals surface area contributed by atoms with Crippen molar-refractivity contribution < 1.29 is 4.79 Å². The number of rotatable bonds is 3. The summed E-state index contributed by atoms with van der Waals surface area (Å²) < 4.78 is 1.80. The third-order valence-corrected chi connectivity index (χ3v) is 4.39. The fraction of sp³-hybridized carbons (Fsp3) is 0.500. The van der Waals surface area contributed by atoms with Crippen LogP contribution in [0.15, 0.2) is 24.3 Å². The van der Waals surface area contributed by atoms with Crippen molar-refractivity contribution in [3.05, 3.63) is 41.5 Å². The number of aryl methyl sites for hydroxylation is 1. The second-order valence-corrected chi connectivity index (χ2v) is 6.46. The van der Waals surface area contributed by atoms with E-state index in [0.717, 1.165) is 37.4 Å². The molecule has 1 aromatic carbocycles. The molecular weight excluding hydrogens is 288 g/mol. The number of piperidine rings is 1. The molecule has 0 unspecified atom stereocenters. The van der Waals surface area contributed by atoms with Crippen LogP contribution in [0.5, 0.6) is 0 Å². The minimum absolute atomic E-state index is 0.0476. The van der Waals surface area contributed by atoms with Gasteiger partial charge in [-0.3, -0.25) is 4.79 Å². The molecular formula is C18H24N4O. The molecule has 1 aliphatic heterocycles. The first kappa shape index (κ1) is 15.7. The molecule has 1 amide bonds. The largest absolute Gasteiger partial charge is 0.336 e. The first-order valence-electron chi connectivity index (χ1n) is 8.40. The lowest BCUT2D eigenvalue weighted by molar-refractivity contribution is 0.0712. The van der Waals surface area contributed by atoms with Gasteiger partial charge in [0.1, 0.15) is 5.82 Å². The van der Waals surface area contributed by atoms with E-state index in [1.54, 1.807) is 4.68 Å². The van der Waals surface area contributed by atoms with Crippen LogP contribution in [0.4, 0.5) is 0 Å². The highest BCUT2D eigenvalue weighted by Gasteiger charge is 2.23. The fourth-order valence-electron chi connectivity index (χ4n) is 3.12. The Morgan fingerprint density at radius 3 is 2.52 bits per heavy atom. The number of para-hydroxylation sites is 1. The first-order chi connectivity index (χ1) is 11.1. The second kappa shape index (κ2) is 6.52. The van der Waals surface area contributed by atoms with E-state index in [4.69, 9.17) is 0 Å². The molecule has 2 aromatic rings. The molecule has 0 atom stereocenters. The number of hydrogen-bond donors (Lipinski definition) is 0. The molecule has 2 heterocycles. The number of aromatic nitrogens is 3. The maximum Gasteiger partial charge on any atom is 0.293 e. The van der Waals surface area contributed by atoms with E-state index in [-0.39, 0.29) is 5.91 Å². The lowest BCUT2D eigenvalue weighted by Gasteiger charge is -2.25. The zero-order valence-corrected chi connectivity index (χ0v) is 14.1. The highest BCUT2D eigenvalue weighted by atomic mass is 16.2. The Labute approximate surface area is 137 Å². The van der Waals surface area contributed by atoms with Crippen LogP contribution < -0.4 is 0 Å². The molecule has 122 valence electrons. The molecule has 1 aliphatic rings. The summed E-state index contributed by atoms with van der Waals surface area (Å²) in [6.45, 7) is 7.84. The normalized spacial score (nSPS) is 15.2. The molecule has 1 saturated heterocycles. The maximum absolute atomic E-state index is 12.6. The Morgan fingerprint density at radius 1 is 1.13 bits per heavy atom. The molecule has 0 N–H and O–H groups in total.